The Morgan fingerprint density at radius 2 is 1.91 bits per heavy atom. The zero-order chi connectivity index (χ0) is 16.0. The van der Waals surface area contributed by atoms with E-state index >= 15 is 0 Å². The lowest BCUT2D eigenvalue weighted by molar-refractivity contribution is -0.0467. The first-order valence-electron chi connectivity index (χ1n) is 7.72. The van der Waals surface area contributed by atoms with E-state index in [4.69, 9.17) is 13.9 Å². The first kappa shape index (κ1) is 14.9. The highest BCUT2D eigenvalue weighted by Gasteiger charge is 2.29. The number of hydrogen-bond donors (Lipinski definition) is 2. The molecule has 2 aliphatic rings. The van der Waals surface area contributed by atoms with E-state index in [1.54, 1.807) is 0 Å². The lowest BCUT2D eigenvalue weighted by atomic mass is 10.1. The van der Waals surface area contributed by atoms with E-state index in [9.17, 15) is 13.9 Å². The van der Waals surface area contributed by atoms with Crippen molar-refractivity contribution in [3.63, 3.8) is 0 Å². The second-order valence-corrected chi connectivity index (χ2v) is 5.94. The summed E-state index contributed by atoms with van der Waals surface area (Å²) in [7, 11) is 0. The Hall–Kier alpha value is -1.70. The molecular weight excluding hydrogens is 308 g/mol. The summed E-state index contributed by atoms with van der Waals surface area (Å²) < 4.78 is 44.2. The van der Waals surface area contributed by atoms with Crippen LogP contribution in [0.15, 0.2) is 16.7 Å². The molecule has 0 unspecified atom stereocenters. The topological polar surface area (TPSA) is 63.9 Å². The maximum atomic E-state index is 14.3. The second-order valence-electron chi connectivity index (χ2n) is 5.94. The van der Waals surface area contributed by atoms with Crippen molar-refractivity contribution < 1.29 is 27.8 Å². The molecule has 2 fully saturated rings. The highest BCUT2D eigenvalue weighted by atomic mass is 19.2. The fourth-order valence-corrected chi connectivity index (χ4v) is 3.26. The summed E-state index contributed by atoms with van der Waals surface area (Å²) in [5, 5.41) is 13.5. The summed E-state index contributed by atoms with van der Waals surface area (Å²) in [6.45, 7) is 0.684. The van der Waals surface area contributed by atoms with E-state index in [1.807, 2.05) is 0 Å². The highest BCUT2D eigenvalue weighted by molar-refractivity contribution is 5.91. The minimum Gasteiger partial charge on any atom is -0.459 e. The maximum absolute atomic E-state index is 14.3. The normalized spacial score (nSPS) is 25.5. The fourth-order valence-electron chi connectivity index (χ4n) is 3.26. The number of rotatable bonds is 3. The van der Waals surface area contributed by atoms with Crippen molar-refractivity contribution in [2.45, 2.75) is 37.7 Å². The number of anilines is 1. The van der Waals surface area contributed by atoms with Crippen molar-refractivity contribution in [1.29, 1.82) is 0 Å². The first-order chi connectivity index (χ1) is 11.1. The molecule has 1 aromatic heterocycles. The molecule has 23 heavy (non-hydrogen) atoms. The molecule has 1 aliphatic carbocycles. The predicted octanol–water partition coefficient (Wildman–Crippen LogP) is 3.08. The summed E-state index contributed by atoms with van der Waals surface area (Å²) in [6.07, 6.45) is 2.45. The van der Waals surface area contributed by atoms with Crippen LogP contribution < -0.4 is 5.32 Å². The molecule has 1 aromatic carbocycles. The van der Waals surface area contributed by atoms with Crippen LogP contribution in [-0.2, 0) is 9.47 Å². The van der Waals surface area contributed by atoms with Gasteiger partial charge in [0.05, 0.1) is 31.0 Å². The van der Waals surface area contributed by atoms with Gasteiger partial charge in [-0.3, -0.25) is 0 Å². The van der Waals surface area contributed by atoms with E-state index in [-0.39, 0.29) is 17.2 Å². The summed E-state index contributed by atoms with van der Waals surface area (Å²) in [4.78, 5) is 0. The van der Waals surface area contributed by atoms with Gasteiger partial charge in [-0.1, -0.05) is 0 Å². The van der Waals surface area contributed by atoms with Gasteiger partial charge in [0.1, 0.15) is 6.26 Å². The molecule has 2 atom stereocenters. The smallest absolute Gasteiger partial charge is 0.202 e. The number of ether oxygens (including phenoxy) is 2. The van der Waals surface area contributed by atoms with Crippen LogP contribution in [0.5, 0.6) is 0 Å². The highest BCUT2D eigenvalue weighted by Crippen LogP contribution is 2.36. The monoisotopic (exact) mass is 325 g/mol. The lowest BCUT2D eigenvalue weighted by Crippen LogP contribution is -2.27. The number of benzene rings is 1. The molecule has 5 nitrogen and oxygen atoms in total. The van der Waals surface area contributed by atoms with Gasteiger partial charge in [-0.15, -0.1) is 0 Å². The summed E-state index contributed by atoms with van der Waals surface area (Å²) >= 11 is 0. The van der Waals surface area contributed by atoms with Crippen molar-refractivity contribution in [3.05, 3.63) is 29.5 Å². The van der Waals surface area contributed by atoms with Crippen LogP contribution in [0, 0.1) is 11.6 Å². The molecule has 7 heteroatoms. The molecule has 1 aliphatic heterocycles. The SMILES string of the molecule is O[C@@H]1CCC[C@H]1Nc1coc2c(F)c(F)c(C3OCCO3)cc12. The third kappa shape index (κ3) is 2.49. The molecule has 2 heterocycles. The Balaban J connectivity index is 1.74. The molecule has 0 bridgehead atoms. The quantitative estimate of drug-likeness (QED) is 0.908. The van der Waals surface area contributed by atoms with E-state index in [2.05, 4.69) is 5.32 Å². The van der Waals surface area contributed by atoms with Crippen LogP contribution in [0.1, 0.15) is 31.1 Å². The van der Waals surface area contributed by atoms with Gasteiger partial charge in [0, 0.05) is 10.9 Å². The molecule has 1 saturated carbocycles. The van der Waals surface area contributed by atoms with Gasteiger partial charge in [-0.05, 0) is 25.3 Å². The largest absolute Gasteiger partial charge is 0.459 e. The van der Waals surface area contributed by atoms with Gasteiger partial charge in [0.2, 0.25) is 5.82 Å². The Morgan fingerprint density at radius 1 is 1.13 bits per heavy atom. The van der Waals surface area contributed by atoms with Crippen LogP contribution in [0.4, 0.5) is 14.5 Å². The molecule has 1 saturated heterocycles. The zero-order valence-corrected chi connectivity index (χ0v) is 12.4. The lowest BCUT2D eigenvalue weighted by Gasteiger charge is -2.17. The van der Waals surface area contributed by atoms with Gasteiger partial charge in [0.15, 0.2) is 17.7 Å². The summed E-state index contributed by atoms with van der Waals surface area (Å²) in [6, 6.07) is 1.36. The molecule has 4 rings (SSSR count). The van der Waals surface area contributed by atoms with Crippen molar-refractivity contribution >= 4 is 16.7 Å². The van der Waals surface area contributed by atoms with Gasteiger partial charge in [0.25, 0.3) is 0 Å². The van der Waals surface area contributed by atoms with Crippen molar-refractivity contribution in [1.82, 2.24) is 0 Å². The minimum atomic E-state index is -1.06. The number of furan rings is 1. The van der Waals surface area contributed by atoms with Crippen LogP contribution in [-0.4, -0.2) is 30.5 Å². The number of nitrogens with one attached hydrogen (secondary N) is 1. The van der Waals surface area contributed by atoms with Gasteiger partial charge in [-0.25, -0.2) is 4.39 Å². The molecule has 0 spiro atoms. The van der Waals surface area contributed by atoms with Crippen LogP contribution in [0.3, 0.4) is 0 Å². The van der Waals surface area contributed by atoms with Crippen molar-refractivity contribution in [2.24, 2.45) is 0 Å². The fraction of sp³-hybridized carbons (Fsp3) is 0.500. The van der Waals surface area contributed by atoms with Gasteiger partial charge in [-0.2, -0.15) is 4.39 Å². The van der Waals surface area contributed by atoms with E-state index in [1.165, 1.54) is 12.3 Å². The Kier molecular flexibility index (Phi) is 3.71. The maximum Gasteiger partial charge on any atom is 0.202 e. The van der Waals surface area contributed by atoms with Crippen LogP contribution in [0.25, 0.3) is 11.0 Å². The van der Waals surface area contributed by atoms with E-state index in [0.717, 1.165) is 19.3 Å². The third-order valence-electron chi connectivity index (χ3n) is 4.47. The Labute approximate surface area is 131 Å². The molecular formula is C16H17F2NO4. The van der Waals surface area contributed by atoms with Gasteiger partial charge >= 0.3 is 0 Å². The molecule has 2 N–H and O–H groups in total. The molecule has 2 aromatic rings. The van der Waals surface area contributed by atoms with Crippen LogP contribution in [0.2, 0.25) is 0 Å². The molecule has 0 amide bonds. The predicted molar refractivity (Wildman–Crippen MR) is 78.0 cm³/mol. The molecule has 124 valence electrons. The first-order valence-corrected chi connectivity index (χ1v) is 7.72. The van der Waals surface area contributed by atoms with Gasteiger partial charge < -0.3 is 24.3 Å². The average Bonchev–Trinajstić information content (AvgIpc) is 3.26. The second kappa shape index (κ2) is 5.74. The molecule has 0 radical (unpaired) electrons. The van der Waals surface area contributed by atoms with Crippen molar-refractivity contribution in [2.75, 3.05) is 18.5 Å². The van der Waals surface area contributed by atoms with Crippen molar-refractivity contribution in [3.8, 4) is 0 Å². The number of halogens is 2. The summed E-state index contributed by atoms with van der Waals surface area (Å²) in [5.41, 5.74) is 0.396. The zero-order valence-electron chi connectivity index (χ0n) is 12.4. The third-order valence-corrected chi connectivity index (χ3v) is 4.47. The van der Waals surface area contributed by atoms with Crippen LogP contribution >= 0.6 is 0 Å². The van der Waals surface area contributed by atoms with E-state index in [0.29, 0.717) is 24.3 Å². The average molecular weight is 325 g/mol. The standard InChI is InChI=1S/C16H17F2NO4/c17-13-9(16-21-4-5-22-16)6-8-11(7-23-15(8)14(13)18)19-10-2-1-3-12(10)20/h6-7,10,12,16,19-20H,1-5H2/t10-,12-/m1/s1. The number of hydrogen-bond acceptors (Lipinski definition) is 5. The minimum absolute atomic E-state index is 0.0175. The number of aliphatic hydroxyl groups is 1. The number of fused-ring (bicyclic) bond motifs is 1. The number of aliphatic hydroxyl groups excluding tert-OH is 1. The van der Waals surface area contributed by atoms with E-state index < -0.39 is 24.0 Å². The Bertz CT molecular complexity index is 726. The summed E-state index contributed by atoms with van der Waals surface area (Å²) in [5.74, 6) is -2.08. The Morgan fingerprint density at radius 3 is 2.61 bits per heavy atom.